The van der Waals surface area contributed by atoms with E-state index in [2.05, 4.69) is 42.3 Å². The Kier molecular flexibility index (Phi) is 5.70. The van der Waals surface area contributed by atoms with Gasteiger partial charge in [0.15, 0.2) is 0 Å². The zero-order valence-corrected chi connectivity index (χ0v) is 13.4. The highest BCUT2D eigenvalue weighted by Crippen LogP contribution is 2.28. The van der Waals surface area contributed by atoms with E-state index in [9.17, 15) is 0 Å². The molecule has 112 valence electrons. The third-order valence-electron chi connectivity index (χ3n) is 4.16. The van der Waals surface area contributed by atoms with E-state index in [1.54, 1.807) is 7.11 Å². The average Bonchev–Trinajstić information content (AvgIpc) is 2.46. The van der Waals surface area contributed by atoms with Crippen LogP contribution in [0.3, 0.4) is 0 Å². The molecule has 1 fully saturated rings. The van der Waals surface area contributed by atoms with Crippen LogP contribution in [-0.4, -0.2) is 32.8 Å². The van der Waals surface area contributed by atoms with Crippen LogP contribution >= 0.6 is 11.6 Å². The van der Waals surface area contributed by atoms with Crippen LogP contribution in [0, 0.1) is 5.92 Å². The zero-order valence-electron chi connectivity index (χ0n) is 12.7. The van der Waals surface area contributed by atoms with Crippen molar-refractivity contribution in [2.45, 2.75) is 32.9 Å². The molecule has 1 N–H and O–H groups in total. The molecular formula is C16H25ClN2O. The quantitative estimate of drug-likeness (QED) is 0.902. The molecule has 1 heterocycles. The molecule has 2 atom stereocenters. The summed E-state index contributed by atoms with van der Waals surface area (Å²) in [6.07, 6.45) is 1.47. The van der Waals surface area contributed by atoms with Gasteiger partial charge < -0.3 is 15.0 Å². The monoisotopic (exact) mass is 296 g/mol. The number of methoxy groups -OCH3 is 1. The fourth-order valence-corrected chi connectivity index (χ4v) is 2.95. The Balaban J connectivity index is 2.07. The van der Waals surface area contributed by atoms with E-state index in [0.29, 0.717) is 12.0 Å². The predicted octanol–water partition coefficient (Wildman–Crippen LogP) is 3.31. The van der Waals surface area contributed by atoms with Crippen LogP contribution in [-0.2, 0) is 11.3 Å². The van der Waals surface area contributed by atoms with E-state index in [-0.39, 0.29) is 0 Å². The molecule has 2 rings (SSSR count). The molecule has 0 saturated carbocycles. The highest BCUT2D eigenvalue weighted by molar-refractivity contribution is 6.31. The third-order valence-corrected chi connectivity index (χ3v) is 4.51. The van der Waals surface area contributed by atoms with Crippen LogP contribution in [0.25, 0.3) is 0 Å². The van der Waals surface area contributed by atoms with E-state index >= 15 is 0 Å². The lowest BCUT2D eigenvalue weighted by Gasteiger charge is -2.37. The van der Waals surface area contributed by atoms with Crippen molar-refractivity contribution in [2.24, 2.45) is 5.92 Å². The summed E-state index contributed by atoms with van der Waals surface area (Å²) in [4.78, 5) is 2.37. The predicted molar refractivity (Wildman–Crippen MR) is 85.6 cm³/mol. The second-order valence-corrected chi connectivity index (χ2v) is 5.95. The van der Waals surface area contributed by atoms with Crippen molar-refractivity contribution in [3.63, 3.8) is 0 Å². The molecule has 0 aromatic heterocycles. The summed E-state index contributed by atoms with van der Waals surface area (Å²) in [5, 5.41) is 4.15. The molecule has 1 saturated heterocycles. The number of nitrogens with one attached hydrogen (secondary N) is 1. The Morgan fingerprint density at radius 2 is 2.25 bits per heavy atom. The van der Waals surface area contributed by atoms with E-state index in [0.717, 1.165) is 43.2 Å². The average molecular weight is 297 g/mol. The summed E-state index contributed by atoms with van der Waals surface area (Å²) >= 11 is 6.39. The number of halogens is 1. The van der Waals surface area contributed by atoms with Gasteiger partial charge in [-0.05, 0) is 36.6 Å². The number of benzene rings is 1. The number of nitrogens with zero attached hydrogens (tertiary/aromatic N) is 1. The second kappa shape index (κ2) is 7.30. The van der Waals surface area contributed by atoms with Crippen molar-refractivity contribution in [3.8, 4) is 0 Å². The maximum Gasteiger partial charge on any atom is 0.0772 e. The van der Waals surface area contributed by atoms with Gasteiger partial charge in [0, 0.05) is 37.5 Å². The van der Waals surface area contributed by atoms with Gasteiger partial charge in [0.1, 0.15) is 0 Å². The van der Waals surface area contributed by atoms with Crippen LogP contribution in [0.2, 0.25) is 5.02 Å². The van der Waals surface area contributed by atoms with Gasteiger partial charge in [0.05, 0.1) is 6.10 Å². The van der Waals surface area contributed by atoms with Gasteiger partial charge in [-0.15, -0.1) is 0 Å². The SMILES string of the molecule is CCNCc1ccc(N2CCC(C)C(OC)C2)cc1Cl. The smallest absolute Gasteiger partial charge is 0.0772 e. The molecular weight excluding hydrogens is 272 g/mol. The van der Waals surface area contributed by atoms with E-state index in [4.69, 9.17) is 16.3 Å². The molecule has 0 aliphatic carbocycles. The minimum absolute atomic E-state index is 0.309. The van der Waals surface area contributed by atoms with Crippen LogP contribution in [0.1, 0.15) is 25.8 Å². The number of hydrogen-bond acceptors (Lipinski definition) is 3. The first kappa shape index (κ1) is 15.6. The minimum Gasteiger partial charge on any atom is -0.379 e. The van der Waals surface area contributed by atoms with Crippen molar-refractivity contribution in [3.05, 3.63) is 28.8 Å². The largest absolute Gasteiger partial charge is 0.379 e. The lowest BCUT2D eigenvalue weighted by Crippen LogP contribution is -2.43. The summed E-state index contributed by atoms with van der Waals surface area (Å²) < 4.78 is 5.58. The first-order valence-electron chi connectivity index (χ1n) is 7.42. The van der Waals surface area contributed by atoms with Gasteiger partial charge in [-0.3, -0.25) is 0 Å². The van der Waals surface area contributed by atoms with Gasteiger partial charge in [-0.1, -0.05) is 31.5 Å². The Bertz CT molecular complexity index is 438. The molecule has 1 aromatic rings. The van der Waals surface area contributed by atoms with Crippen molar-refractivity contribution >= 4 is 17.3 Å². The topological polar surface area (TPSA) is 24.5 Å². The third kappa shape index (κ3) is 3.66. The molecule has 0 radical (unpaired) electrons. The molecule has 1 aromatic carbocycles. The Morgan fingerprint density at radius 1 is 1.45 bits per heavy atom. The highest BCUT2D eigenvalue weighted by atomic mass is 35.5. The van der Waals surface area contributed by atoms with Crippen LogP contribution in [0.4, 0.5) is 5.69 Å². The van der Waals surface area contributed by atoms with Crippen molar-refractivity contribution in [1.29, 1.82) is 0 Å². The van der Waals surface area contributed by atoms with Crippen LogP contribution in [0.5, 0.6) is 0 Å². The first-order chi connectivity index (χ1) is 9.65. The van der Waals surface area contributed by atoms with Crippen molar-refractivity contribution in [1.82, 2.24) is 5.32 Å². The Hall–Kier alpha value is -0.770. The molecule has 20 heavy (non-hydrogen) atoms. The van der Waals surface area contributed by atoms with Crippen molar-refractivity contribution < 1.29 is 4.74 Å². The van der Waals surface area contributed by atoms with Crippen LogP contribution < -0.4 is 10.2 Å². The summed E-state index contributed by atoms with van der Waals surface area (Å²) in [6, 6.07) is 6.37. The van der Waals surface area contributed by atoms with E-state index in [1.807, 2.05) is 0 Å². The van der Waals surface area contributed by atoms with Gasteiger partial charge >= 0.3 is 0 Å². The second-order valence-electron chi connectivity index (χ2n) is 5.54. The molecule has 0 spiro atoms. The highest BCUT2D eigenvalue weighted by Gasteiger charge is 2.26. The number of ether oxygens (including phenoxy) is 1. The molecule has 0 amide bonds. The van der Waals surface area contributed by atoms with Crippen LogP contribution in [0.15, 0.2) is 18.2 Å². The number of rotatable bonds is 5. The summed E-state index contributed by atoms with van der Waals surface area (Å²) in [5.74, 6) is 0.625. The molecule has 1 aliphatic rings. The standard InChI is InChI=1S/C16H25ClN2O/c1-4-18-10-13-5-6-14(9-15(13)17)19-8-7-12(2)16(11-19)20-3/h5-6,9,12,16,18H,4,7-8,10-11H2,1-3H3. The maximum absolute atomic E-state index is 6.39. The van der Waals surface area contributed by atoms with Gasteiger partial charge in [0.25, 0.3) is 0 Å². The fraction of sp³-hybridized carbons (Fsp3) is 0.625. The summed E-state index contributed by atoms with van der Waals surface area (Å²) in [7, 11) is 1.80. The normalized spacial score (nSPS) is 23.1. The molecule has 3 nitrogen and oxygen atoms in total. The number of piperidine rings is 1. The fourth-order valence-electron chi connectivity index (χ4n) is 2.71. The number of anilines is 1. The molecule has 0 bridgehead atoms. The van der Waals surface area contributed by atoms with Gasteiger partial charge in [-0.25, -0.2) is 0 Å². The van der Waals surface area contributed by atoms with Crippen molar-refractivity contribution in [2.75, 3.05) is 31.6 Å². The lowest BCUT2D eigenvalue weighted by atomic mass is 9.95. The van der Waals surface area contributed by atoms with E-state index < -0.39 is 0 Å². The first-order valence-corrected chi connectivity index (χ1v) is 7.80. The number of hydrogen-bond donors (Lipinski definition) is 1. The van der Waals surface area contributed by atoms with Gasteiger partial charge in [0.2, 0.25) is 0 Å². The minimum atomic E-state index is 0.309. The summed E-state index contributed by atoms with van der Waals surface area (Å²) in [5.41, 5.74) is 2.36. The maximum atomic E-state index is 6.39. The molecule has 2 unspecified atom stereocenters. The zero-order chi connectivity index (χ0) is 14.5. The Morgan fingerprint density at radius 3 is 2.90 bits per heavy atom. The van der Waals surface area contributed by atoms with Gasteiger partial charge in [-0.2, -0.15) is 0 Å². The van der Waals surface area contributed by atoms with E-state index in [1.165, 1.54) is 5.69 Å². The lowest BCUT2D eigenvalue weighted by molar-refractivity contribution is 0.0498. The summed E-state index contributed by atoms with van der Waals surface area (Å²) in [6.45, 7) is 8.16. The molecule has 1 aliphatic heterocycles. The molecule has 4 heteroatoms. The Labute approximate surface area is 127 Å².